The molecule has 0 amide bonds. The van der Waals surface area contributed by atoms with E-state index in [4.69, 9.17) is 4.74 Å². The minimum atomic E-state index is 0.580. The lowest BCUT2D eigenvalue weighted by Crippen LogP contribution is -2.16. The van der Waals surface area contributed by atoms with Crippen LogP contribution in [0, 0.1) is 6.92 Å². The third kappa shape index (κ3) is 5.96. The summed E-state index contributed by atoms with van der Waals surface area (Å²) < 4.78 is 7.90. The largest absolute Gasteiger partial charge is 0.489 e. The Morgan fingerprint density at radius 1 is 0.906 bits per heavy atom. The Morgan fingerprint density at radius 3 is 2.50 bits per heavy atom. The molecule has 32 heavy (non-hydrogen) atoms. The van der Waals surface area contributed by atoms with Gasteiger partial charge in [0, 0.05) is 17.9 Å². The molecular formula is C25H27N5OS. The van der Waals surface area contributed by atoms with E-state index in [1.165, 1.54) is 16.7 Å². The molecule has 0 saturated heterocycles. The first-order chi connectivity index (χ1) is 15.8. The summed E-state index contributed by atoms with van der Waals surface area (Å²) >= 11 is 1.67. The van der Waals surface area contributed by atoms with Crippen molar-refractivity contribution in [3.8, 4) is 11.4 Å². The highest BCUT2D eigenvalue weighted by Gasteiger charge is 2.08. The van der Waals surface area contributed by atoms with Gasteiger partial charge in [0.25, 0.3) is 0 Å². The SMILES string of the molecule is Cc1ccccc1COc1ccccc1CNCCCSc1nnnn1-c1ccccc1. The maximum absolute atomic E-state index is 6.12. The average molecular weight is 446 g/mol. The van der Waals surface area contributed by atoms with Gasteiger partial charge in [0.1, 0.15) is 12.4 Å². The smallest absolute Gasteiger partial charge is 0.214 e. The summed E-state index contributed by atoms with van der Waals surface area (Å²) in [6, 6.07) is 26.5. The normalized spacial score (nSPS) is 10.9. The highest BCUT2D eigenvalue weighted by atomic mass is 32.2. The van der Waals surface area contributed by atoms with Gasteiger partial charge >= 0.3 is 0 Å². The van der Waals surface area contributed by atoms with Crippen LogP contribution in [0.15, 0.2) is 84.0 Å². The number of nitrogens with zero attached hydrogens (tertiary/aromatic N) is 4. The van der Waals surface area contributed by atoms with Crippen molar-refractivity contribution in [1.82, 2.24) is 25.5 Å². The van der Waals surface area contributed by atoms with Gasteiger partial charge < -0.3 is 10.1 Å². The second-order valence-corrected chi connectivity index (χ2v) is 8.47. The lowest BCUT2D eigenvalue weighted by Gasteiger charge is -2.13. The number of ether oxygens (including phenoxy) is 1. The zero-order chi connectivity index (χ0) is 22.0. The van der Waals surface area contributed by atoms with Crippen molar-refractivity contribution in [2.24, 2.45) is 0 Å². The molecule has 0 aliphatic heterocycles. The number of nitrogens with one attached hydrogen (secondary N) is 1. The van der Waals surface area contributed by atoms with Crippen LogP contribution in [-0.2, 0) is 13.2 Å². The molecule has 164 valence electrons. The van der Waals surface area contributed by atoms with Crippen molar-refractivity contribution in [3.05, 3.63) is 95.6 Å². The van der Waals surface area contributed by atoms with Gasteiger partial charge in [-0.3, -0.25) is 0 Å². The Bertz CT molecular complexity index is 1120. The van der Waals surface area contributed by atoms with Crippen LogP contribution in [-0.4, -0.2) is 32.5 Å². The summed E-state index contributed by atoms with van der Waals surface area (Å²) in [6.07, 6.45) is 1.01. The molecule has 1 N–H and O–H groups in total. The van der Waals surface area contributed by atoms with E-state index in [9.17, 15) is 0 Å². The van der Waals surface area contributed by atoms with Gasteiger partial charge in [0.05, 0.1) is 5.69 Å². The van der Waals surface area contributed by atoms with Gasteiger partial charge in [-0.05, 0) is 59.6 Å². The highest BCUT2D eigenvalue weighted by molar-refractivity contribution is 7.99. The summed E-state index contributed by atoms with van der Waals surface area (Å²) in [6.45, 7) is 4.38. The molecule has 4 rings (SSSR count). The molecule has 3 aromatic carbocycles. The monoisotopic (exact) mass is 445 g/mol. The molecule has 0 aliphatic carbocycles. The van der Waals surface area contributed by atoms with Crippen molar-refractivity contribution in [1.29, 1.82) is 0 Å². The van der Waals surface area contributed by atoms with Crippen LogP contribution < -0.4 is 10.1 Å². The third-order valence-corrected chi connectivity index (χ3v) is 6.11. The van der Waals surface area contributed by atoms with E-state index in [2.05, 4.69) is 64.2 Å². The van der Waals surface area contributed by atoms with E-state index in [0.29, 0.717) is 6.61 Å². The molecule has 0 atom stereocenters. The Hall–Kier alpha value is -3.16. The Labute approximate surface area is 193 Å². The summed E-state index contributed by atoms with van der Waals surface area (Å²) in [4.78, 5) is 0. The number of para-hydroxylation sites is 2. The number of aromatic nitrogens is 4. The van der Waals surface area contributed by atoms with Gasteiger partial charge in [0.2, 0.25) is 5.16 Å². The maximum atomic E-state index is 6.12. The van der Waals surface area contributed by atoms with E-state index in [1.807, 2.05) is 42.5 Å². The summed E-state index contributed by atoms with van der Waals surface area (Å²) in [5.41, 5.74) is 4.60. The minimum Gasteiger partial charge on any atom is -0.489 e. The van der Waals surface area contributed by atoms with E-state index < -0.39 is 0 Å². The van der Waals surface area contributed by atoms with Crippen LogP contribution in [0.2, 0.25) is 0 Å². The van der Waals surface area contributed by atoms with Gasteiger partial charge in [-0.1, -0.05) is 72.4 Å². The van der Waals surface area contributed by atoms with Crippen LogP contribution in [0.3, 0.4) is 0 Å². The molecule has 0 aliphatic rings. The fraction of sp³-hybridized carbons (Fsp3) is 0.240. The number of tetrazole rings is 1. The predicted octanol–water partition coefficient (Wildman–Crippen LogP) is 4.82. The zero-order valence-electron chi connectivity index (χ0n) is 18.1. The summed E-state index contributed by atoms with van der Waals surface area (Å²) in [5.74, 6) is 1.87. The van der Waals surface area contributed by atoms with Crippen molar-refractivity contribution in [3.63, 3.8) is 0 Å². The van der Waals surface area contributed by atoms with Crippen LogP contribution in [0.1, 0.15) is 23.1 Å². The molecule has 0 unspecified atom stereocenters. The molecule has 0 radical (unpaired) electrons. The number of hydrogen-bond donors (Lipinski definition) is 1. The van der Waals surface area contributed by atoms with Gasteiger partial charge in [-0.25, -0.2) is 0 Å². The Morgan fingerprint density at radius 2 is 1.66 bits per heavy atom. The molecule has 0 saturated carbocycles. The first-order valence-corrected chi connectivity index (χ1v) is 11.7. The van der Waals surface area contributed by atoms with Crippen molar-refractivity contribution in [2.45, 2.75) is 31.7 Å². The summed E-state index contributed by atoms with van der Waals surface area (Å²) in [7, 11) is 0. The van der Waals surface area contributed by atoms with Crippen LogP contribution in [0.25, 0.3) is 5.69 Å². The highest BCUT2D eigenvalue weighted by Crippen LogP contribution is 2.21. The van der Waals surface area contributed by atoms with E-state index in [1.54, 1.807) is 16.4 Å². The zero-order valence-corrected chi connectivity index (χ0v) is 19.0. The molecule has 0 spiro atoms. The minimum absolute atomic E-state index is 0.580. The molecule has 7 heteroatoms. The summed E-state index contributed by atoms with van der Waals surface area (Å²) in [5, 5.41) is 16.4. The number of aryl methyl sites for hydroxylation is 1. The Kier molecular flexibility index (Phi) is 7.89. The van der Waals surface area contributed by atoms with Crippen molar-refractivity contribution < 1.29 is 4.74 Å². The molecule has 4 aromatic rings. The fourth-order valence-electron chi connectivity index (χ4n) is 3.30. The second kappa shape index (κ2) is 11.5. The molecule has 6 nitrogen and oxygen atoms in total. The lowest BCUT2D eigenvalue weighted by atomic mass is 10.1. The number of benzene rings is 3. The predicted molar refractivity (Wildman–Crippen MR) is 128 cm³/mol. The molecule has 1 aromatic heterocycles. The fourth-order valence-corrected chi connectivity index (χ4v) is 4.13. The molecule has 1 heterocycles. The van der Waals surface area contributed by atoms with Crippen LogP contribution >= 0.6 is 11.8 Å². The number of rotatable bonds is 11. The average Bonchev–Trinajstić information content (AvgIpc) is 3.30. The van der Waals surface area contributed by atoms with Crippen LogP contribution in [0.4, 0.5) is 0 Å². The lowest BCUT2D eigenvalue weighted by molar-refractivity contribution is 0.301. The quantitative estimate of drug-likeness (QED) is 0.264. The first-order valence-electron chi connectivity index (χ1n) is 10.7. The van der Waals surface area contributed by atoms with E-state index in [0.717, 1.165) is 41.9 Å². The maximum Gasteiger partial charge on any atom is 0.214 e. The molecule has 0 bridgehead atoms. The third-order valence-electron chi connectivity index (χ3n) is 5.10. The first kappa shape index (κ1) is 22.0. The topological polar surface area (TPSA) is 64.9 Å². The standard InChI is InChI=1S/C25H27N5OS/c1-20-10-5-6-12-22(20)19-31-24-15-8-7-11-21(24)18-26-16-9-17-32-25-27-28-29-30(25)23-13-3-2-4-14-23/h2-8,10-15,26H,9,16-19H2,1H3. The molecular weight excluding hydrogens is 418 g/mol. The van der Waals surface area contributed by atoms with E-state index in [-0.39, 0.29) is 0 Å². The van der Waals surface area contributed by atoms with Gasteiger partial charge in [-0.2, -0.15) is 4.68 Å². The second-order valence-electron chi connectivity index (χ2n) is 7.41. The van der Waals surface area contributed by atoms with Crippen LogP contribution in [0.5, 0.6) is 5.75 Å². The van der Waals surface area contributed by atoms with Crippen molar-refractivity contribution in [2.75, 3.05) is 12.3 Å². The number of hydrogen-bond acceptors (Lipinski definition) is 6. The molecule has 0 fully saturated rings. The number of thioether (sulfide) groups is 1. The Balaban J connectivity index is 1.22. The van der Waals surface area contributed by atoms with Crippen molar-refractivity contribution >= 4 is 11.8 Å². The van der Waals surface area contributed by atoms with Gasteiger partial charge in [-0.15, -0.1) is 5.10 Å². The van der Waals surface area contributed by atoms with E-state index >= 15 is 0 Å². The van der Waals surface area contributed by atoms with Gasteiger partial charge in [0.15, 0.2) is 0 Å².